The molecule has 1 atom stereocenters. The summed E-state index contributed by atoms with van der Waals surface area (Å²) in [7, 11) is 0. The second kappa shape index (κ2) is 2.67. The van der Waals surface area contributed by atoms with Crippen molar-refractivity contribution >= 4 is 15.9 Å². The van der Waals surface area contributed by atoms with Gasteiger partial charge in [-0.1, -0.05) is 22.9 Å². The Labute approximate surface area is 40.1 Å². The van der Waals surface area contributed by atoms with Crippen LogP contribution in [0.15, 0.2) is 0 Å². The fourth-order valence-electron chi connectivity index (χ4n) is 0. The summed E-state index contributed by atoms with van der Waals surface area (Å²) in [6.45, 7) is 2.11. The molecule has 0 radical (unpaired) electrons. The number of hydrogen-bond acceptors (Lipinski definition) is 1. The van der Waals surface area contributed by atoms with E-state index >= 15 is 0 Å². The standard InChI is InChI=1S/C3H7BrO/c1-3(4)2-5/h3,5H,2H2,1H3/t3-/m1/s1. The maximum absolute atomic E-state index is 8.10. The van der Waals surface area contributed by atoms with Crippen LogP contribution in [0.4, 0.5) is 0 Å². The normalized spacial score (nSPS) is 15.0. The first kappa shape index (κ1) is 5.44. The van der Waals surface area contributed by atoms with Crippen molar-refractivity contribution in [2.45, 2.75) is 11.8 Å². The highest BCUT2D eigenvalue weighted by atomic mass is 79.9. The van der Waals surface area contributed by atoms with Gasteiger partial charge in [0, 0.05) is 4.83 Å². The lowest BCUT2D eigenvalue weighted by Gasteiger charge is -1.87. The Hall–Kier alpha value is 0.440. The summed E-state index contributed by atoms with van der Waals surface area (Å²) in [4.78, 5) is 0.252. The second-order valence-electron chi connectivity index (χ2n) is 0.963. The van der Waals surface area contributed by atoms with Crippen LogP contribution in [0.1, 0.15) is 6.92 Å². The number of alkyl halides is 1. The lowest BCUT2D eigenvalue weighted by molar-refractivity contribution is 0.302. The van der Waals surface area contributed by atoms with E-state index in [1.54, 1.807) is 0 Å². The molecule has 32 valence electrons. The van der Waals surface area contributed by atoms with Gasteiger partial charge >= 0.3 is 0 Å². The van der Waals surface area contributed by atoms with Gasteiger partial charge in [0.2, 0.25) is 0 Å². The Kier molecular flexibility index (Phi) is 2.90. The molecule has 2 heteroatoms. The zero-order valence-electron chi connectivity index (χ0n) is 3.11. The van der Waals surface area contributed by atoms with Crippen LogP contribution >= 0.6 is 15.9 Å². The molecule has 0 saturated heterocycles. The number of hydrogen-bond donors (Lipinski definition) is 1. The highest BCUT2D eigenvalue weighted by Crippen LogP contribution is 1.91. The van der Waals surface area contributed by atoms with Crippen LogP contribution in [0.25, 0.3) is 0 Å². The van der Waals surface area contributed by atoms with Crippen LogP contribution < -0.4 is 0 Å². The molecule has 0 saturated carbocycles. The predicted molar refractivity (Wildman–Crippen MR) is 25.5 cm³/mol. The molecule has 0 unspecified atom stereocenters. The molecule has 0 aromatic carbocycles. The second-order valence-corrected chi connectivity index (χ2v) is 2.53. The van der Waals surface area contributed by atoms with Crippen LogP contribution in [-0.2, 0) is 0 Å². The SMILES string of the molecule is C[C@@H](Br)CO. The highest BCUT2D eigenvalue weighted by Gasteiger charge is 1.84. The molecule has 0 aliphatic rings. The third-order valence-corrected chi connectivity index (χ3v) is 0.541. The lowest BCUT2D eigenvalue weighted by atomic mass is 10.5. The molecule has 0 aromatic rings. The van der Waals surface area contributed by atoms with Gasteiger partial charge in [-0.15, -0.1) is 0 Å². The van der Waals surface area contributed by atoms with Gasteiger partial charge in [0.25, 0.3) is 0 Å². The van der Waals surface area contributed by atoms with Crippen LogP contribution in [0, 0.1) is 0 Å². The molecule has 0 spiro atoms. The van der Waals surface area contributed by atoms with Crippen molar-refractivity contribution in [1.82, 2.24) is 0 Å². The Morgan fingerprint density at radius 1 is 2.00 bits per heavy atom. The minimum absolute atomic E-state index is 0.222. The van der Waals surface area contributed by atoms with E-state index in [-0.39, 0.29) is 11.4 Å². The molecule has 1 N–H and O–H groups in total. The van der Waals surface area contributed by atoms with E-state index in [1.165, 1.54) is 0 Å². The highest BCUT2D eigenvalue weighted by molar-refractivity contribution is 9.09. The average molecular weight is 139 g/mol. The number of aliphatic hydroxyl groups excluding tert-OH is 1. The molecule has 0 heterocycles. The average Bonchev–Trinajstić information content (AvgIpc) is 1.38. The van der Waals surface area contributed by atoms with E-state index in [0.29, 0.717) is 0 Å². The summed E-state index contributed by atoms with van der Waals surface area (Å²) in [5.74, 6) is 0. The summed E-state index contributed by atoms with van der Waals surface area (Å²) in [5.41, 5.74) is 0. The first-order valence-electron chi connectivity index (χ1n) is 1.52. The van der Waals surface area contributed by atoms with E-state index in [4.69, 9.17) is 5.11 Å². The minimum atomic E-state index is 0.222. The molecule has 5 heavy (non-hydrogen) atoms. The largest absolute Gasteiger partial charge is 0.395 e. The van der Waals surface area contributed by atoms with Gasteiger partial charge in [0.15, 0.2) is 0 Å². The van der Waals surface area contributed by atoms with E-state index in [2.05, 4.69) is 15.9 Å². The van der Waals surface area contributed by atoms with Crippen LogP contribution in [-0.4, -0.2) is 16.5 Å². The zero-order valence-corrected chi connectivity index (χ0v) is 4.70. The van der Waals surface area contributed by atoms with Crippen LogP contribution in [0.5, 0.6) is 0 Å². The zero-order chi connectivity index (χ0) is 4.28. The molecule has 0 fully saturated rings. The number of halogens is 1. The Bertz CT molecular complexity index is 20.9. The maximum atomic E-state index is 8.10. The molecule has 1 nitrogen and oxygen atoms in total. The predicted octanol–water partition coefficient (Wildman–Crippen LogP) is 0.762. The van der Waals surface area contributed by atoms with Gasteiger partial charge in [0.1, 0.15) is 0 Å². The summed E-state index contributed by atoms with van der Waals surface area (Å²) in [6.07, 6.45) is 0. The summed E-state index contributed by atoms with van der Waals surface area (Å²) >= 11 is 3.12. The van der Waals surface area contributed by atoms with Crippen molar-refractivity contribution in [3.8, 4) is 0 Å². The van der Waals surface area contributed by atoms with E-state index in [9.17, 15) is 0 Å². The van der Waals surface area contributed by atoms with Gasteiger partial charge in [-0.25, -0.2) is 0 Å². The molecule has 0 bridgehead atoms. The summed E-state index contributed by atoms with van der Waals surface area (Å²) in [6, 6.07) is 0. The molecule has 0 amide bonds. The van der Waals surface area contributed by atoms with E-state index in [1.807, 2.05) is 6.92 Å². The first-order valence-corrected chi connectivity index (χ1v) is 2.44. The fourth-order valence-corrected chi connectivity index (χ4v) is 0. The Balaban J connectivity index is 2.54. The Morgan fingerprint density at radius 3 is 2.20 bits per heavy atom. The molecule has 0 aliphatic heterocycles. The monoisotopic (exact) mass is 138 g/mol. The van der Waals surface area contributed by atoms with Gasteiger partial charge in [-0.2, -0.15) is 0 Å². The van der Waals surface area contributed by atoms with Crippen LogP contribution in [0.2, 0.25) is 0 Å². The van der Waals surface area contributed by atoms with E-state index < -0.39 is 0 Å². The molecular weight excluding hydrogens is 132 g/mol. The van der Waals surface area contributed by atoms with Gasteiger partial charge in [0.05, 0.1) is 6.61 Å². The summed E-state index contributed by atoms with van der Waals surface area (Å²) < 4.78 is 0. The smallest absolute Gasteiger partial charge is 0.0553 e. The topological polar surface area (TPSA) is 20.2 Å². The van der Waals surface area contributed by atoms with Crippen molar-refractivity contribution in [2.75, 3.05) is 6.61 Å². The lowest BCUT2D eigenvalue weighted by Crippen LogP contribution is -1.93. The fraction of sp³-hybridized carbons (Fsp3) is 1.00. The van der Waals surface area contributed by atoms with Crippen molar-refractivity contribution in [1.29, 1.82) is 0 Å². The van der Waals surface area contributed by atoms with Crippen molar-refractivity contribution < 1.29 is 5.11 Å². The van der Waals surface area contributed by atoms with Crippen molar-refractivity contribution in [3.05, 3.63) is 0 Å². The first-order chi connectivity index (χ1) is 2.27. The molecule has 0 rings (SSSR count). The third-order valence-electron chi connectivity index (χ3n) is 0.252. The molecular formula is C3H7BrO. The van der Waals surface area contributed by atoms with Crippen LogP contribution in [0.3, 0.4) is 0 Å². The van der Waals surface area contributed by atoms with Gasteiger partial charge in [-0.05, 0) is 0 Å². The van der Waals surface area contributed by atoms with Crippen molar-refractivity contribution in [3.63, 3.8) is 0 Å². The summed E-state index contributed by atoms with van der Waals surface area (Å²) in [5, 5.41) is 8.10. The van der Waals surface area contributed by atoms with Gasteiger partial charge in [-0.3, -0.25) is 0 Å². The number of rotatable bonds is 1. The number of aliphatic hydroxyl groups is 1. The molecule has 0 aromatic heterocycles. The molecule has 0 aliphatic carbocycles. The Morgan fingerprint density at radius 2 is 2.20 bits per heavy atom. The third kappa shape index (κ3) is 4.44. The van der Waals surface area contributed by atoms with E-state index in [0.717, 1.165) is 0 Å². The maximum Gasteiger partial charge on any atom is 0.0553 e. The quantitative estimate of drug-likeness (QED) is 0.531. The van der Waals surface area contributed by atoms with Gasteiger partial charge < -0.3 is 5.11 Å². The minimum Gasteiger partial charge on any atom is -0.395 e. The van der Waals surface area contributed by atoms with Crippen molar-refractivity contribution in [2.24, 2.45) is 0 Å².